The summed E-state index contributed by atoms with van der Waals surface area (Å²) in [6.07, 6.45) is 2.14. The second-order valence-electron chi connectivity index (χ2n) is 6.46. The molecular weight excluding hydrogens is 348 g/mol. The van der Waals surface area contributed by atoms with E-state index >= 15 is 0 Å². The second-order valence-corrected chi connectivity index (χ2v) is 6.46. The first-order chi connectivity index (χ1) is 13.0. The molecule has 3 N–H and O–H groups in total. The molecule has 7 heteroatoms. The first kappa shape index (κ1) is 16.8. The van der Waals surface area contributed by atoms with E-state index in [1.807, 2.05) is 0 Å². The SMILES string of the molecule is O=C(O)[C@@H](CCc1c[nH]c2ccc(O)cc12)N1C(=O)c2ccccc2C1=O. The molecule has 3 aromatic rings. The van der Waals surface area contributed by atoms with E-state index in [1.54, 1.807) is 36.5 Å². The highest BCUT2D eigenvalue weighted by Gasteiger charge is 2.42. The van der Waals surface area contributed by atoms with E-state index in [0.717, 1.165) is 21.4 Å². The Balaban J connectivity index is 1.61. The lowest BCUT2D eigenvalue weighted by Gasteiger charge is -2.22. The third kappa shape index (κ3) is 2.73. The van der Waals surface area contributed by atoms with Crippen molar-refractivity contribution in [3.05, 3.63) is 65.4 Å². The summed E-state index contributed by atoms with van der Waals surface area (Å²) in [5.74, 6) is -2.29. The summed E-state index contributed by atoms with van der Waals surface area (Å²) in [6, 6.07) is 9.95. The summed E-state index contributed by atoms with van der Waals surface area (Å²) >= 11 is 0. The van der Waals surface area contributed by atoms with Gasteiger partial charge in [0.15, 0.2) is 0 Å². The number of aromatic hydroxyl groups is 1. The minimum Gasteiger partial charge on any atom is -0.508 e. The summed E-state index contributed by atoms with van der Waals surface area (Å²) in [5, 5.41) is 20.1. The lowest BCUT2D eigenvalue weighted by atomic mass is 10.0. The fourth-order valence-corrected chi connectivity index (χ4v) is 3.52. The highest BCUT2D eigenvalue weighted by Crippen LogP contribution is 2.28. The van der Waals surface area contributed by atoms with E-state index in [4.69, 9.17) is 0 Å². The molecule has 1 atom stereocenters. The number of nitrogens with zero attached hydrogens (tertiary/aromatic N) is 1. The molecule has 1 aromatic heterocycles. The maximum atomic E-state index is 12.6. The first-order valence-electron chi connectivity index (χ1n) is 8.46. The first-order valence-corrected chi connectivity index (χ1v) is 8.46. The lowest BCUT2D eigenvalue weighted by Crippen LogP contribution is -2.45. The van der Waals surface area contributed by atoms with Crippen LogP contribution >= 0.6 is 0 Å². The Morgan fingerprint density at radius 2 is 1.74 bits per heavy atom. The number of hydrogen-bond donors (Lipinski definition) is 3. The highest BCUT2D eigenvalue weighted by atomic mass is 16.4. The zero-order valence-corrected chi connectivity index (χ0v) is 14.2. The fraction of sp³-hybridized carbons (Fsp3) is 0.150. The number of carboxylic acids is 1. The zero-order chi connectivity index (χ0) is 19.1. The molecule has 0 bridgehead atoms. The van der Waals surface area contributed by atoms with Crippen molar-refractivity contribution in [2.45, 2.75) is 18.9 Å². The Morgan fingerprint density at radius 1 is 1.07 bits per heavy atom. The summed E-state index contributed by atoms with van der Waals surface area (Å²) in [4.78, 5) is 40.9. The quantitative estimate of drug-likeness (QED) is 0.603. The number of carboxylic acid groups (broad SMARTS) is 1. The number of aliphatic carboxylic acids is 1. The van der Waals surface area contributed by atoms with Gasteiger partial charge in [-0.25, -0.2) is 4.79 Å². The maximum Gasteiger partial charge on any atom is 0.326 e. The van der Waals surface area contributed by atoms with E-state index in [1.165, 1.54) is 12.1 Å². The van der Waals surface area contributed by atoms with E-state index in [2.05, 4.69) is 4.98 Å². The van der Waals surface area contributed by atoms with Crippen molar-refractivity contribution in [3.8, 4) is 5.75 Å². The second kappa shape index (κ2) is 6.28. The van der Waals surface area contributed by atoms with Gasteiger partial charge >= 0.3 is 5.97 Å². The van der Waals surface area contributed by atoms with Crippen molar-refractivity contribution in [2.24, 2.45) is 0 Å². The van der Waals surface area contributed by atoms with Crippen LogP contribution in [0.3, 0.4) is 0 Å². The normalized spacial score (nSPS) is 14.6. The molecule has 0 spiro atoms. The third-order valence-electron chi connectivity index (χ3n) is 4.86. The number of phenols is 1. The van der Waals surface area contributed by atoms with Crippen LogP contribution in [0.5, 0.6) is 5.75 Å². The van der Waals surface area contributed by atoms with E-state index in [0.29, 0.717) is 6.42 Å². The largest absolute Gasteiger partial charge is 0.508 e. The van der Waals surface area contributed by atoms with Gasteiger partial charge in [-0.05, 0) is 48.7 Å². The molecule has 0 unspecified atom stereocenters. The van der Waals surface area contributed by atoms with Crippen LogP contribution in [0.2, 0.25) is 0 Å². The molecule has 27 heavy (non-hydrogen) atoms. The summed E-state index contributed by atoms with van der Waals surface area (Å²) in [5.41, 5.74) is 2.08. The van der Waals surface area contributed by atoms with Crippen molar-refractivity contribution >= 4 is 28.7 Å². The predicted octanol–water partition coefficient (Wildman–Crippen LogP) is 2.56. The van der Waals surface area contributed by atoms with Crippen LogP contribution in [-0.2, 0) is 11.2 Å². The van der Waals surface area contributed by atoms with Crippen LogP contribution in [-0.4, -0.2) is 43.9 Å². The van der Waals surface area contributed by atoms with Gasteiger partial charge in [0, 0.05) is 17.1 Å². The summed E-state index contributed by atoms with van der Waals surface area (Å²) < 4.78 is 0. The molecule has 4 rings (SSSR count). The highest BCUT2D eigenvalue weighted by molar-refractivity contribution is 6.22. The van der Waals surface area contributed by atoms with Crippen LogP contribution in [0.4, 0.5) is 0 Å². The van der Waals surface area contributed by atoms with Gasteiger partial charge in [-0.2, -0.15) is 0 Å². The Labute approximate surface area is 153 Å². The van der Waals surface area contributed by atoms with Crippen LogP contribution < -0.4 is 0 Å². The van der Waals surface area contributed by atoms with Gasteiger partial charge in [0.2, 0.25) is 0 Å². The number of imide groups is 1. The van der Waals surface area contributed by atoms with Crippen LogP contribution in [0.1, 0.15) is 32.7 Å². The minimum atomic E-state index is -1.26. The van der Waals surface area contributed by atoms with Gasteiger partial charge in [-0.15, -0.1) is 0 Å². The molecule has 1 aliphatic rings. The molecule has 0 aliphatic carbocycles. The number of phenolic OH excluding ortho intramolecular Hbond substituents is 1. The average molecular weight is 364 g/mol. The van der Waals surface area contributed by atoms with Gasteiger partial charge in [0.1, 0.15) is 11.8 Å². The van der Waals surface area contributed by atoms with Crippen molar-refractivity contribution in [2.75, 3.05) is 0 Å². The number of aromatic nitrogens is 1. The van der Waals surface area contributed by atoms with Crippen molar-refractivity contribution < 1.29 is 24.6 Å². The Morgan fingerprint density at radius 3 is 2.37 bits per heavy atom. The molecule has 0 radical (unpaired) electrons. The van der Waals surface area contributed by atoms with E-state index in [9.17, 15) is 24.6 Å². The van der Waals surface area contributed by atoms with Crippen LogP contribution in [0.25, 0.3) is 10.9 Å². The van der Waals surface area contributed by atoms with Gasteiger partial charge < -0.3 is 15.2 Å². The lowest BCUT2D eigenvalue weighted by molar-refractivity contribution is -0.141. The topological polar surface area (TPSA) is 111 Å². The van der Waals surface area contributed by atoms with Gasteiger partial charge in [-0.1, -0.05) is 12.1 Å². The fourth-order valence-electron chi connectivity index (χ4n) is 3.52. The van der Waals surface area contributed by atoms with E-state index < -0.39 is 23.8 Å². The van der Waals surface area contributed by atoms with Crippen molar-refractivity contribution in [1.29, 1.82) is 0 Å². The molecule has 0 fully saturated rings. The van der Waals surface area contributed by atoms with Gasteiger partial charge in [0.05, 0.1) is 11.1 Å². The smallest absolute Gasteiger partial charge is 0.326 e. The number of nitrogens with one attached hydrogen (secondary N) is 1. The molecule has 7 nitrogen and oxygen atoms in total. The van der Waals surface area contributed by atoms with Crippen LogP contribution in [0, 0.1) is 0 Å². The number of aromatic amines is 1. The number of carbonyl (C=O) groups excluding carboxylic acids is 2. The minimum absolute atomic E-state index is 0.0728. The average Bonchev–Trinajstić information content (AvgIpc) is 3.16. The predicted molar refractivity (Wildman–Crippen MR) is 96.7 cm³/mol. The number of rotatable bonds is 5. The number of fused-ring (bicyclic) bond motifs is 2. The Bertz CT molecular complexity index is 1050. The number of aryl methyl sites for hydroxylation is 1. The number of amides is 2. The maximum absolute atomic E-state index is 12.6. The Kier molecular flexibility index (Phi) is 3.92. The van der Waals surface area contributed by atoms with Gasteiger partial charge in [-0.3, -0.25) is 14.5 Å². The number of H-pyrrole nitrogens is 1. The molecule has 2 heterocycles. The molecule has 2 amide bonds. The van der Waals surface area contributed by atoms with Crippen LogP contribution in [0.15, 0.2) is 48.7 Å². The number of benzene rings is 2. The molecular formula is C20H16N2O5. The Hall–Kier alpha value is -3.61. The molecule has 0 saturated heterocycles. The van der Waals surface area contributed by atoms with Gasteiger partial charge in [0.25, 0.3) is 11.8 Å². The standard InChI is InChI=1S/C20H16N2O5/c23-12-6-7-16-15(9-12)11(10-21-16)5-8-17(20(26)27)22-18(24)13-3-1-2-4-14(13)19(22)25/h1-4,6-7,9-10,17,21,23H,5,8H2,(H,26,27)/t17-/m1/s1. The number of carbonyl (C=O) groups is 3. The zero-order valence-electron chi connectivity index (χ0n) is 14.2. The van der Waals surface area contributed by atoms with Crippen molar-refractivity contribution in [1.82, 2.24) is 9.88 Å². The number of hydrogen-bond acceptors (Lipinski definition) is 4. The van der Waals surface area contributed by atoms with Crippen molar-refractivity contribution in [3.63, 3.8) is 0 Å². The monoisotopic (exact) mass is 364 g/mol. The summed E-state index contributed by atoms with van der Waals surface area (Å²) in [6.45, 7) is 0. The molecule has 2 aromatic carbocycles. The molecule has 136 valence electrons. The third-order valence-corrected chi connectivity index (χ3v) is 4.86. The molecule has 1 aliphatic heterocycles. The molecule has 0 saturated carbocycles. The van der Waals surface area contributed by atoms with E-state index in [-0.39, 0.29) is 23.3 Å². The summed E-state index contributed by atoms with van der Waals surface area (Å²) in [7, 11) is 0.